The summed E-state index contributed by atoms with van der Waals surface area (Å²) in [5.41, 5.74) is 7.45. The monoisotopic (exact) mass is 300 g/mol. The fourth-order valence-electron chi connectivity index (χ4n) is 4.09. The topological polar surface area (TPSA) is 72.6 Å². The summed E-state index contributed by atoms with van der Waals surface area (Å²) in [4.78, 5) is 26.4. The van der Waals surface area contributed by atoms with Gasteiger partial charge in [0.25, 0.3) is 0 Å². The molecule has 0 aliphatic carbocycles. The van der Waals surface area contributed by atoms with E-state index in [1.807, 2.05) is 24.3 Å². The highest BCUT2D eigenvalue weighted by atomic mass is 16.5. The van der Waals surface area contributed by atoms with Gasteiger partial charge in [0.1, 0.15) is 0 Å². The van der Waals surface area contributed by atoms with Crippen LogP contribution in [-0.4, -0.2) is 30.6 Å². The van der Waals surface area contributed by atoms with Crippen LogP contribution in [0.25, 0.3) is 0 Å². The summed E-state index contributed by atoms with van der Waals surface area (Å²) in [6, 6.07) is 7.80. The average molecular weight is 300 g/mol. The molecule has 4 atom stereocenters. The highest BCUT2D eigenvalue weighted by Crippen LogP contribution is 2.41. The number of primary amides is 1. The minimum absolute atomic E-state index is 0.0543. The van der Waals surface area contributed by atoms with Crippen molar-refractivity contribution in [2.45, 2.75) is 37.9 Å². The van der Waals surface area contributed by atoms with Crippen molar-refractivity contribution < 1.29 is 14.3 Å². The molecule has 0 saturated carbocycles. The molecule has 116 valence electrons. The number of para-hydroxylation sites is 1. The fourth-order valence-corrected chi connectivity index (χ4v) is 4.09. The minimum Gasteiger partial charge on any atom is -0.374 e. The van der Waals surface area contributed by atoms with Crippen LogP contribution < -0.4 is 10.6 Å². The first-order valence-corrected chi connectivity index (χ1v) is 7.97. The molecule has 2 fully saturated rings. The van der Waals surface area contributed by atoms with Crippen LogP contribution in [-0.2, 0) is 20.7 Å². The van der Waals surface area contributed by atoms with Gasteiger partial charge in [-0.2, -0.15) is 0 Å². The molecule has 0 radical (unpaired) electrons. The molecule has 22 heavy (non-hydrogen) atoms. The maximum absolute atomic E-state index is 13.0. The molecule has 3 aliphatic heterocycles. The highest BCUT2D eigenvalue weighted by Gasteiger charge is 2.47. The number of nitrogens with two attached hydrogens (primary N) is 1. The van der Waals surface area contributed by atoms with Crippen LogP contribution >= 0.6 is 0 Å². The molecule has 2 N–H and O–H groups in total. The van der Waals surface area contributed by atoms with Gasteiger partial charge in [-0.05, 0) is 37.3 Å². The van der Waals surface area contributed by atoms with Gasteiger partial charge < -0.3 is 15.4 Å². The van der Waals surface area contributed by atoms with Gasteiger partial charge in [-0.15, -0.1) is 0 Å². The van der Waals surface area contributed by atoms with E-state index in [1.165, 1.54) is 0 Å². The van der Waals surface area contributed by atoms with Crippen molar-refractivity contribution in [1.82, 2.24) is 0 Å². The third kappa shape index (κ3) is 2.11. The van der Waals surface area contributed by atoms with Crippen LogP contribution in [0, 0.1) is 11.8 Å². The molecule has 4 rings (SSSR count). The molecule has 3 aliphatic rings. The van der Waals surface area contributed by atoms with Gasteiger partial charge >= 0.3 is 0 Å². The zero-order chi connectivity index (χ0) is 15.3. The number of ether oxygens (including phenoxy) is 1. The molecular weight excluding hydrogens is 280 g/mol. The van der Waals surface area contributed by atoms with Gasteiger partial charge in [-0.25, -0.2) is 0 Å². The molecule has 3 heterocycles. The van der Waals surface area contributed by atoms with Gasteiger partial charge in [0.05, 0.1) is 24.0 Å². The van der Waals surface area contributed by atoms with Crippen molar-refractivity contribution in [3.8, 4) is 0 Å². The van der Waals surface area contributed by atoms with E-state index in [0.29, 0.717) is 13.0 Å². The van der Waals surface area contributed by atoms with Crippen molar-refractivity contribution >= 4 is 17.5 Å². The fraction of sp³-hybridized carbons (Fsp3) is 0.529. The van der Waals surface area contributed by atoms with Crippen LogP contribution in [0.15, 0.2) is 24.3 Å². The second-order valence-corrected chi connectivity index (χ2v) is 6.60. The summed E-state index contributed by atoms with van der Waals surface area (Å²) in [5.74, 6) is -0.626. The Hall–Kier alpha value is -1.88. The van der Waals surface area contributed by atoms with Crippen molar-refractivity contribution in [2.24, 2.45) is 17.6 Å². The molecule has 2 amide bonds. The van der Waals surface area contributed by atoms with Crippen molar-refractivity contribution in [1.29, 1.82) is 0 Å². The molecule has 1 aromatic carbocycles. The Balaban J connectivity index is 1.64. The summed E-state index contributed by atoms with van der Waals surface area (Å²) in [6.07, 6.45) is 3.75. The second kappa shape index (κ2) is 5.09. The maximum Gasteiger partial charge on any atom is 0.232 e. The predicted octanol–water partition coefficient (Wildman–Crippen LogP) is 1.24. The summed E-state index contributed by atoms with van der Waals surface area (Å²) in [5, 5.41) is 0. The molecular formula is C17H20N2O3. The summed E-state index contributed by atoms with van der Waals surface area (Å²) in [6.45, 7) is 0.388. The van der Waals surface area contributed by atoms with Crippen molar-refractivity contribution in [3.63, 3.8) is 0 Å². The molecule has 1 aromatic rings. The molecule has 5 nitrogen and oxygen atoms in total. The smallest absolute Gasteiger partial charge is 0.232 e. The summed E-state index contributed by atoms with van der Waals surface area (Å²) in [7, 11) is 0. The van der Waals surface area contributed by atoms with Gasteiger partial charge in [0, 0.05) is 12.2 Å². The number of carbonyl (C=O) groups excluding carboxylic acids is 2. The molecule has 2 saturated heterocycles. The Labute approximate surface area is 129 Å². The quantitative estimate of drug-likeness (QED) is 0.893. The number of hydrogen-bond donors (Lipinski definition) is 1. The number of carbonyl (C=O) groups is 2. The molecule has 0 spiro atoms. The predicted molar refractivity (Wildman–Crippen MR) is 81.2 cm³/mol. The van der Waals surface area contributed by atoms with Gasteiger partial charge in [0.15, 0.2) is 0 Å². The van der Waals surface area contributed by atoms with E-state index in [-0.39, 0.29) is 35.9 Å². The number of benzene rings is 1. The number of anilines is 1. The zero-order valence-corrected chi connectivity index (χ0v) is 12.4. The zero-order valence-electron chi connectivity index (χ0n) is 12.4. The Kier molecular flexibility index (Phi) is 3.18. The van der Waals surface area contributed by atoms with E-state index in [1.54, 1.807) is 4.90 Å². The SMILES string of the molecule is NC(=O)C1Cc2ccccc2N(C(=O)[C@@H]2C[C@H]3CC[C@@H]2O3)C1. The third-order valence-corrected chi connectivity index (χ3v) is 5.24. The second-order valence-electron chi connectivity index (χ2n) is 6.60. The number of fused-ring (bicyclic) bond motifs is 3. The minimum atomic E-state index is -0.337. The lowest BCUT2D eigenvalue weighted by Gasteiger charge is -2.35. The standard InChI is InChI=1S/C17H20N2O3/c18-16(20)11-7-10-3-1-2-4-14(10)19(9-11)17(21)13-8-12-5-6-15(13)22-12/h1-4,11-13,15H,5-9H2,(H2,18,20)/t11?,12-,13-,15+/m1/s1. The highest BCUT2D eigenvalue weighted by molar-refractivity contribution is 5.98. The molecule has 2 bridgehead atoms. The van der Waals surface area contributed by atoms with Gasteiger partial charge in [-0.1, -0.05) is 18.2 Å². The van der Waals surface area contributed by atoms with Crippen LogP contribution in [0.1, 0.15) is 24.8 Å². The Morgan fingerprint density at radius 1 is 1.23 bits per heavy atom. The third-order valence-electron chi connectivity index (χ3n) is 5.24. The van der Waals surface area contributed by atoms with Crippen molar-refractivity contribution in [2.75, 3.05) is 11.4 Å². The molecule has 0 aromatic heterocycles. The van der Waals surface area contributed by atoms with E-state index in [4.69, 9.17) is 10.5 Å². The first-order chi connectivity index (χ1) is 10.6. The average Bonchev–Trinajstić information content (AvgIpc) is 3.16. The first-order valence-electron chi connectivity index (χ1n) is 7.97. The van der Waals surface area contributed by atoms with Crippen LogP contribution in [0.3, 0.4) is 0 Å². The lowest BCUT2D eigenvalue weighted by atomic mass is 9.86. The van der Waals surface area contributed by atoms with E-state index >= 15 is 0 Å². The van der Waals surface area contributed by atoms with E-state index in [2.05, 4.69) is 0 Å². The van der Waals surface area contributed by atoms with E-state index in [9.17, 15) is 9.59 Å². The molecule has 5 heteroatoms. The lowest BCUT2D eigenvalue weighted by Crippen LogP contribution is -2.48. The number of nitrogens with zero attached hydrogens (tertiary/aromatic N) is 1. The summed E-state index contributed by atoms with van der Waals surface area (Å²) >= 11 is 0. The van der Waals surface area contributed by atoms with Crippen LogP contribution in [0.2, 0.25) is 0 Å². The lowest BCUT2D eigenvalue weighted by molar-refractivity contribution is -0.125. The van der Waals surface area contributed by atoms with E-state index < -0.39 is 0 Å². The Bertz CT molecular complexity index is 630. The largest absolute Gasteiger partial charge is 0.374 e. The number of rotatable bonds is 2. The number of hydrogen-bond acceptors (Lipinski definition) is 3. The normalized spacial score (nSPS) is 32.8. The van der Waals surface area contributed by atoms with Crippen LogP contribution in [0.4, 0.5) is 5.69 Å². The number of amides is 2. The van der Waals surface area contributed by atoms with E-state index in [0.717, 1.165) is 30.5 Å². The van der Waals surface area contributed by atoms with Crippen molar-refractivity contribution in [3.05, 3.63) is 29.8 Å². The van der Waals surface area contributed by atoms with Gasteiger partial charge in [-0.3, -0.25) is 9.59 Å². The molecule has 1 unspecified atom stereocenters. The van der Waals surface area contributed by atoms with Crippen LogP contribution in [0.5, 0.6) is 0 Å². The van der Waals surface area contributed by atoms with Gasteiger partial charge in [0.2, 0.25) is 11.8 Å². The Morgan fingerprint density at radius 2 is 2.05 bits per heavy atom. The summed E-state index contributed by atoms with van der Waals surface area (Å²) < 4.78 is 5.82. The Morgan fingerprint density at radius 3 is 2.73 bits per heavy atom. The maximum atomic E-state index is 13.0. The first kappa shape index (κ1) is 13.8.